The lowest BCUT2D eigenvalue weighted by molar-refractivity contribution is -0.120. The first kappa shape index (κ1) is 20.9. The summed E-state index contributed by atoms with van der Waals surface area (Å²) in [5, 5.41) is 20.2. The molecule has 1 fully saturated rings. The zero-order valence-corrected chi connectivity index (χ0v) is 17.5. The van der Waals surface area contributed by atoms with Gasteiger partial charge in [-0.3, -0.25) is 4.79 Å². The largest absolute Gasteiger partial charge is 0.359 e. The van der Waals surface area contributed by atoms with E-state index in [4.69, 9.17) is 5.26 Å². The van der Waals surface area contributed by atoms with E-state index < -0.39 is 0 Å². The van der Waals surface area contributed by atoms with Crippen molar-refractivity contribution in [1.82, 2.24) is 16.0 Å². The van der Waals surface area contributed by atoms with E-state index in [1.807, 2.05) is 29.8 Å². The second-order valence-electron chi connectivity index (χ2n) is 7.41. The lowest BCUT2D eigenvalue weighted by Crippen LogP contribution is -2.49. The molecular formula is C22H27N5OS. The lowest BCUT2D eigenvalue weighted by atomic mass is 9.68. The molecule has 152 valence electrons. The van der Waals surface area contributed by atoms with Crippen molar-refractivity contribution in [2.75, 3.05) is 13.6 Å². The Morgan fingerprint density at radius 1 is 1.24 bits per heavy atom. The Kier molecular flexibility index (Phi) is 7.25. The average Bonchev–Trinajstić information content (AvgIpc) is 3.26. The number of rotatable bonds is 6. The van der Waals surface area contributed by atoms with E-state index in [1.165, 1.54) is 5.56 Å². The summed E-state index contributed by atoms with van der Waals surface area (Å²) in [6.07, 6.45) is 6.06. The summed E-state index contributed by atoms with van der Waals surface area (Å²) in [6.45, 7) is 0.638. The van der Waals surface area contributed by atoms with Crippen molar-refractivity contribution < 1.29 is 4.79 Å². The molecule has 0 saturated heterocycles. The smallest absolute Gasteiger partial charge is 0.225 e. The molecular weight excluding hydrogens is 382 g/mol. The van der Waals surface area contributed by atoms with E-state index in [0.29, 0.717) is 18.9 Å². The Balaban J connectivity index is 1.66. The lowest BCUT2D eigenvalue weighted by Gasteiger charge is -2.41. The van der Waals surface area contributed by atoms with Crippen molar-refractivity contribution in [3.8, 4) is 6.19 Å². The molecule has 7 heteroatoms. The topological polar surface area (TPSA) is 89.3 Å². The third kappa shape index (κ3) is 5.58. The summed E-state index contributed by atoms with van der Waals surface area (Å²) in [4.78, 5) is 17.3. The monoisotopic (exact) mass is 409 g/mol. The van der Waals surface area contributed by atoms with Crippen LogP contribution >= 0.6 is 11.3 Å². The van der Waals surface area contributed by atoms with Gasteiger partial charge in [-0.25, -0.2) is 0 Å². The highest BCUT2D eigenvalue weighted by molar-refractivity contribution is 7.10. The predicted octanol–water partition coefficient (Wildman–Crippen LogP) is 2.93. The van der Waals surface area contributed by atoms with Crippen LogP contribution in [-0.2, 0) is 16.6 Å². The number of hydrogen-bond donors (Lipinski definition) is 3. The van der Waals surface area contributed by atoms with E-state index in [-0.39, 0.29) is 17.4 Å². The maximum Gasteiger partial charge on any atom is 0.225 e. The van der Waals surface area contributed by atoms with Gasteiger partial charge in [-0.1, -0.05) is 36.4 Å². The molecule has 0 bridgehead atoms. The number of guanidine groups is 1. The van der Waals surface area contributed by atoms with Gasteiger partial charge in [0.05, 0.1) is 6.42 Å². The summed E-state index contributed by atoms with van der Waals surface area (Å²) in [5.41, 5.74) is 1.20. The molecule has 3 N–H and O–H groups in total. The van der Waals surface area contributed by atoms with Gasteiger partial charge in [0.1, 0.15) is 0 Å². The van der Waals surface area contributed by atoms with Crippen molar-refractivity contribution in [3.63, 3.8) is 0 Å². The number of thiophene rings is 1. The molecule has 2 aromatic rings. The Bertz CT molecular complexity index is 849. The van der Waals surface area contributed by atoms with Gasteiger partial charge in [-0.15, -0.1) is 16.3 Å². The maximum absolute atomic E-state index is 12.5. The summed E-state index contributed by atoms with van der Waals surface area (Å²) >= 11 is 1.61. The molecule has 29 heavy (non-hydrogen) atoms. The molecule has 1 saturated carbocycles. The first-order valence-corrected chi connectivity index (χ1v) is 10.8. The molecule has 1 aliphatic rings. The number of aliphatic imine (C=N–C) groups is 1. The van der Waals surface area contributed by atoms with Crippen LogP contribution in [-0.4, -0.2) is 31.5 Å². The van der Waals surface area contributed by atoms with Crippen LogP contribution in [0, 0.1) is 11.5 Å². The van der Waals surface area contributed by atoms with Gasteiger partial charge in [-0.2, -0.15) is 5.26 Å². The maximum atomic E-state index is 12.5. The second-order valence-corrected chi connectivity index (χ2v) is 8.44. The highest BCUT2D eigenvalue weighted by Crippen LogP contribution is 2.39. The van der Waals surface area contributed by atoms with Crippen molar-refractivity contribution in [1.29, 1.82) is 5.26 Å². The quantitative estimate of drug-likeness (QED) is 0.389. The molecule has 1 aromatic carbocycles. The van der Waals surface area contributed by atoms with Gasteiger partial charge >= 0.3 is 0 Å². The van der Waals surface area contributed by atoms with Crippen LogP contribution in [0.5, 0.6) is 0 Å². The van der Waals surface area contributed by atoms with E-state index in [1.54, 1.807) is 18.4 Å². The molecule has 0 spiro atoms. The molecule has 0 radical (unpaired) electrons. The number of amides is 1. The van der Waals surface area contributed by atoms with Crippen LogP contribution in [0.15, 0.2) is 52.8 Å². The van der Waals surface area contributed by atoms with Crippen molar-refractivity contribution in [3.05, 3.63) is 58.3 Å². The van der Waals surface area contributed by atoms with Gasteiger partial charge in [0.25, 0.3) is 0 Å². The number of carbonyl (C=O) groups is 1. The number of benzene rings is 1. The van der Waals surface area contributed by atoms with Gasteiger partial charge in [-0.05, 0) is 42.7 Å². The minimum Gasteiger partial charge on any atom is -0.359 e. The van der Waals surface area contributed by atoms with Crippen LogP contribution in [0.3, 0.4) is 0 Å². The minimum atomic E-state index is -0.0727. The van der Waals surface area contributed by atoms with E-state index in [2.05, 4.69) is 45.2 Å². The SMILES string of the molecule is CN/C(=N\C#N)N[C@H]1CC[C@](CNC(=O)Cc2cccs2)(c2ccccc2)CC1. The zero-order chi connectivity index (χ0) is 20.5. The van der Waals surface area contributed by atoms with Crippen LogP contribution in [0.4, 0.5) is 0 Å². The van der Waals surface area contributed by atoms with E-state index in [9.17, 15) is 4.79 Å². The highest BCUT2D eigenvalue weighted by atomic mass is 32.1. The first-order valence-electron chi connectivity index (χ1n) is 9.91. The van der Waals surface area contributed by atoms with Crippen molar-refractivity contribution in [2.45, 2.75) is 43.6 Å². The summed E-state index contributed by atoms with van der Waals surface area (Å²) in [5.74, 6) is 0.579. The molecule has 0 aliphatic heterocycles. The van der Waals surface area contributed by atoms with Crippen molar-refractivity contribution >= 4 is 23.2 Å². The van der Waals surface area contributed by atoms with Crippen LogP contribution < -0.4 is 16.0 Å². The molecule has 3 rings (SSSR count). The molecule has 1 amide bonds. The third-order valence-electron chi connectivity index (χ3n) is 5.61. The Morgan fingerprint density at radius 2 is 2.00 bits per heavy atom. The Hall–Kier alpha value is -2.85. The number of nitrogens with zero attached hydrogens (tertiary/aromatic N) is 2. The predicted molar refractivity (Wildman–Crippen MR) is 117 cm³/mol. The first-order chi connectivity index (χ1) is 14.1. The Morgan fingerprint density at radius 3 is 2.62 bits per heavy atom. The van der Waals surface area contributed by atoms with Crippen LogP contribution in [0.1, 0.15) is 36.1 Å². The zero-order valence-electron chi connectivity index (χ0n) is 16.6. The van der Waals surface area contributed by atoms with Gasteiger partial charge in [0.15, 0.2) is 0 Å². The molecule has 6 nitrogen and oxygen atoms in total. The normalized spacial score (nSPS) is 21.8. The van der Waals surface area contributed by atoms with E-state index in [0.717, 1.165) is 30.6 Å². The minimum absolute atomic E-state index is 0.0710. The number of nitriles is 1. The van der Waals surface area contributed by atoms with Crippen LogP contribution in [0.25, 0.3) is 0 Å². The van der Waals surface area contributed by atoms with E-state index >= 15 is 0 Å². The average molecular weight is 410 g/mol. The number of hydrogen-bond acceptors (Lipinski definition) is 4. The molecule has 1 aliphatic carbocycles. The molecule has 1 aromatic heterocycles. The fourth-order valence-corrected chi connectivity index (χ4v) is 4.68. The van der Waals surface area contributed by atoms with Crippen molar-refractivity contribution in [2.24, 2.45) is 4.99 Å². The standard InChI is InChI=1S/C22H27N5OS/c1-24-21(26-16-23)27-18-9-11-22(12-10-18,17-6-3-2-4-7-17)15-25-20(28)14-19-8-5-13-29-19/h2-8,13,18H,9-12,14-15H2,1H3,(H,25,28)(H2,24,26,27)/t18-,22-. The molecule has 0 atom stereocenters. The van der Waals surface area contributed by atoms with Gasteiger partial charge < -0.3 is 16.0 Å². The number of carbonyl (C=O) groups excluding carboxylic acids is 1. The fourth-order valence-electron chi connectivity index (χ4n) is 3.98. The molecule has 0 unspecified atom stereocenters. The van der Waals surface area contributed by atoms with Gasteiger partial charge in [0.2, 0.25) is 18.1 Å². The fraction of sp³-hybridized carbons (Fsp3) is 0.409. The second kappa shape index (κ2) is 10.1. The third-order valence-corrected chi connectivity index (χ3v) is 6.48. The van der Waals surface area contributed by atoms with Gasteiger partial charge in [0, 0.05) is 29.9 Å². The summed E-state index contributed by atoms with van der Waals surface area (Å²) < 4.78 is 0. The molecule has 1 heterocycles. The number of nitrogens with one attached hydrogen (secondary N) is 3. The van der Waals surface area contributed by atoms with Crippen LogP contribution in [0.2, 0.25) is 0 Å². The summed E-state index contributed by atoms with van der Waals surface area (Å²) in [6, 6.07) is 14.7. The summed E-state index contributed by atoms with van der Waals surface area (Å²) in [7, 11) is 1.75. The Labute approximate surface area is 176 Å². The highest BCUT2D eigenvalue weighted by Gasteiger charge is 2.37.